The first-order valence-corrected chi connectivity index (χ1v) is 8.81. The fourth-order valence-corrected chi connectivity index (χ4v) is 3.73. The van der Waals surface area contributed by atoms with E-state index in [9.17, 15) is 4.79 Å². The van der Waals surface area contributed by atoms with Crippen LogP contribution in [0.15, 0.2) is 88.1 Å². The van der Waals surface area contributed by atoms with Gasteiger partial charge in [-0.2, -0.15) is 0 Å². The van der Waals surface area contributed by atoms with Gasteiger partial charge in [-0.1, -0.05) is 60.7 Å². The molecule has 130 valence electrons. The molecule has 0 fully saturated rings. The second-order valence-electron chi connectivity index (χ2n) is 6.58. The lowest BCUT2D eigenvalue weighted by Gasteiger charge is -2.07. The molecule has 0 aliphatic carbocycles. The van der Waals surface area contributed by atoms with Gasteiger partial charge in [0.2, 0.25) is 0 Å². The second kappa shape index (κ2) is 5.99. The Hall–Kier alpha value is -3.59. The minimum atomic E-state index is -0.0113. The van der Waals surface area contributed by atoms with Crippen molar-refractivity contribution in [1.29, 1.82) is 0 Å². The third-order valence-electron chi connectivity index (χ3n) is 4.92. The Morgan fingerprint density at radius 3 is 1.56 bits per heavy atom. The highest BCUT2D eigenvalue weighted by atomic mass is 16.3. The first kappa shape index (κ1) is 15.6. The maximum atomic E-state index is 12.8. The summed E-state index contributed by atoms with van der Waals surface area (Å²) in [6.07, 6.45) is 3.43. The van der Waals surface area contributed by atoms with Crippen LogP contribution >= 0.6 is 0 Å². The van der Waals surface area contributed by atoms with E-state index in [0.717, 1.165) is 33.0 Å². The fourth-order valence-electron chi connectivity index (χ4n) is 3.73. The van der Waals surface area contributed by atoms with Crippen molar-refractivity contribution in [2.24, 2.45) is 0 Å². The fraction of sp³-hybridized carbons (Fsp3) is 0.0417. The van der Waals surface area contributed by atoms with Crippen LogP contribution in [0, 0.1) is 0 Å². The molecule has 0 bridgehead atoms. The van der Waals surface area contributed by atoms with Gasteiger partial charge in [0, 0.05) is 33.5 Å². The lowest BCUT2D eigenvalue weighted by Crippen LogP contribution is -1.96. The average molecular weight is 352 g/mol. The Morgan fingerprint density at radius 2 is 1.15 bits per heavy atom. The molecule has 0 radical (unpaired) electrons. The number of Topliss-reactive ketones (excluding diaryl/α,β-unsaturated/α-hetero) is 1. The summed E-state index contributed by atoms with van der Waals surface area (Å²) in [6, 6.07) is 21.8. The minimum absolute atomic E-state index is 0.0113. The van der Waals surface area contributed by atoms with E-state index in [1.807, 2.05) is 66.7 Å². The average Bonchev–Trinajstić information content (AvgIpc) is 3.31. The van der Waals surface area contributed by atoms with Crippen LogP contribution < -0.4 is 0 Å². The van der Waals surface area contributed by atoms with Crippen molar-refractivity contribution in [3.05, 3.63) is 84.8 Å². The molecule has 0 saturated carbocycles. The molecule has 27 heavy (non-hydrogen) atoms. The number of fused-ring (bicyclic) bond motifs is 2. The van der Waals surface area contributed by atoms with Crippen molar-refractivity contribution in [1.82, 2.24) is 0 Å². The number of furan rings is 2. The van der Waals surface area contributed by atoms with E-state index in [1.165, 1.54) is 0 Å². The summed E-state index contributed by atoms with van der Waals surface area (Å²) in [5.74, 6) is -0.0113. The first-order valence-electron chi connectivity index (χ1n) is 8.81. The van der Waals surface area contributed by atoms with Crippen LogP contribution in [-0.4, -0.2) is 5.78 Å². The molecule has 0 saturated heterocycles. The summed E-state index contributed by atoms with van der Waals surface area (Å²) in [6.45, 7) is 1.59. The monoisotopic (exact) mass is 352 g/mol. The lowest BCUT2D eigenvalue weighted by molar-refractivity contribution is 0.102. The molecule has 0 aliphatic heterocycles. The molecule has 5 aromatic rings. The Kier molecular flexibility index (Phi) is 3.47. The largest absolute Gasteiger partial charge is 0.464 e. The highest BCUT2D eigenvalue weighted by Gasteiger charge is 2.23. The van der Waals surface area contributed by atoms with E-state index >= 15 is 0 Å². The number of hydrogen-bond acceptors (Lipinski definition) is 3. The van der Waals surface area contributed by atoms with Gasteiger partial charge in [-0.3, -0.25) is 4.79 Å². The van der Waals surface area contributed by atoms with Gasteiger partial charge in [-0.25, -0.2) is 0 Å². The second-order valence-corrected chi connectivity index (χ2v) is 6.58. The summed E-state index contributed by atoms with van der Waals surface area (Å²) < 4.78 is 11.6. The van der Waals surface area contributed by atoms with Crippen molar-refractivity contribution in [3.63, 3.8) is 0 Å². The molecule has 0 aliphatic rings. The zero-order chi connectivity index (χ0) is 18.4. The molecule has 5 rings (SSSR count). The maximum Gasteiger partial charge on any atom is 0.161 e. The van der Waals surface area contributed by atoms with Gasteiger partial charge in [0.05, 0.1) is 12.5 Å². The van der Waals surface area contributed by atoms with Gasteiger partial charge < -0.3 is 8.83 Å². The summed E-state index contributed by atoms with van der Waals surface area (Å²) in [5, 5.41) is 1.67. The van der Waals surface area contributed by atoms with Crippen LogP contribution in [0.3, 0.4) is 0 Å². The molecule has 0 spiro atoms. The van der Waals surface area contributed by atoms with Crippen molar-refractivity contribution < 1.29 is 13.6 Å². The zero-order valence-corrected chi connectivity index (χ0v) is 14.7. The summed E-state index contributed by atoms with van der Waals surface area (Å²) >= 11 is 0. The molecule has 0 atom stereocenters. The number of benzene rings is 3. The molecule has 2 heterocycles. The summed E-state index contributed by atoms with van der Waals surface area (Å²) in [7, 11) is 0. The van der Waals surface area contributed by atoms with E-state index in [4.69, 9.17) is 8.83 Å². The zero-order valence-electron chi connectivity index (χ0n) is 14.7. The third-order valence-corrected chi connectivity index (χ3v) is 4.92. The normalized spacial score (nSPS) is 11.3. The Morgan fingerprint density at radius 1 is 0.704 bits per heavy atom. The predicted molar refractivity (Wildman–Crippen MR) is 107 cm³/mol. The smallest absolute Gasteiger partial charge is 0.161 e. The number of ketones is 1. The van der Waals surface area contributed by atoms with Crippen LogP contribution in [0.1, 0.15) is 17.3 Å². The van der Waals surface area contributed by atoms with Crippen molar-refractivity contribution in [2.75, 3.05) is 0 Å². The molecule has 2 aromatic heterocycles. The standard InChI is InChI=1S/C24H16O3/c1-15(25)22-23-18(16-8-4-2-5-9-16)13-26-20(23)12-21-24(22)19(14-27-21)17-10-6-3-7-11-17/h2-14H,1H3. The third kappa shape index (κ3) is 2.40. The number of carbonyl (C=O) groups excluding carboxylic acids is 1. The molecule has 3 nitrogen and oxygen atoms in total. The highest BCUT2D eigenvalue weighted by Crippen LogP contribution is 2.41. The molecule has 0 unspecified atom stereocenters. The van der Waals surface area contributed by atoms with Crippen LogP contribution in [-0.2, 0) is 0 Å². The van der Waals surface area contributed by atoms with E-state index in [-0.39, 0.29) is 5.78 Å². The molecule has 0 amide bonds. The van der Waals surface area contributed by atoms with Gasteiger partial charge >= 0.3 is 0 Å². The SMILES string of the molecule is CC(=O)c1c2c(-c3ccccc3)coc2cc2occ(-c3ccccc3)c12. The van der Waals surface area contributed by atoms with Gasteiger partial charge in [0.25, 0.3) is 0 Å². The minimum Gasteiger partial charge on any atom is -0.464 e. The first-order chi connectivity index (χ1) is 13.2. The van der Waals surface area contributed by atoms with Crippen LogP contribution in [0.25, 0.3) is 44.2 Å². The van der Waals surface area contributed by atoms with Crippen molar-refractivity contribution >= 4 is 27.7 Å². The topological polar surface area (TPSA) is 43.4 Å². The van der Waals surface area contributed by atoms with Gasteiger partial charge in [0.1, 0.15) is 11.2 Å². The Labute approximate surface area is 155 Å². The molecule has 3 aromatic carbocycles. The van der Waals surface area contributed by atoms with Gasteiger partial charge in [-0.15, -0.1) is 0 Å². The Balaban J connectivity index is 1.92. The highest BCUT2D eigenvalue weighted by molar-refractivity contribution is 6.22. The maximum absolute atomic E-state index is 12.8. The lowest BCUT2D eigenvalue weighted by atomic mass is 9.93. The number of carbonyl (C=O) groups is 1. The predicted octanol–water partition coefficient (Wildman–Crippen LogP) is 6.72. The van der Waals surface area contributed by atoms with Crippen molar-refractivity contribution in [3.8, 4) is 22.3 Å². The van der Waals surface area contributed by atoms with E-state index in [2.05, 4.69) is 0 Å². The summed E-state index contributed by atoms with van der Waals surface area (Å²) in [4.78, 5) is 12.8. The molecule has 0 N–H and O–H groups in total. The quantitative estimate of drug-likeness (QED) is 0.339. The van der Waals surface area contributed by atoms with Gasteiger partial charge in [0.15, 0.2) is 5.78 Å². The van der Waals surface area contributed by atoms with Crippen molar-refractivity contribution in [2.45, 2.75) is 6.92 Å². The van der Waals surface area contributed by atoms with E-state index in [0.29, 0.717) is 16.7 Å². The molecule has 3 heteroatoms. The molecular weight excluding hydrogens is 336 g/mol. The number of hydrogen-bond donors (Lipinski definition) is 0. The Bertz CT molecular complexity index is 1180. The van der Waals surface area contributed by atoms with E-state index < -0.39 is 0 Å². The van der Waals surface area contributed by atoms with Crippen LogP contribution in [0.4, 0.5) is 0 Å². The molecular formula is C24H16O3. The van der Waals surface area contributed by atoms with Crippen LogP contribution in [0.2, 0.25) is 0 Å². The van der Waals surface area contributed by atoms with Gasteiger partial charge in [-0.05, 0) is 18.1 Å². The van der Waals surface area contributed by atoms with E-state index in [1.54, 1.807) is 19.5 Å². The number of rotatable bonds is 3. The summed E-state index contributed by atoms with van der Waals surface area (Å²) in [5.41, 5.74) is 5.81. The van der Waals surface area contributed by atoms with Crippen LogP contribution in [0.5, 0.6) is 0 Å².